The average Bonchev–Trinajstić information content (AvgIpc) is 2.88. The number of para-hydroxylation sites is 1. The molecule has 0 aromatic heterocycles. The molecule has 0 saturated carbocycles. The molecule has 0 bridgehead atoms. The summed E-state index contributed by atoms with van der Waals surface area (Å²) in [4.78, 5) is 41.5. The third-order valence-corrected chi connectivity index (χ3v) is 7.26. The van der Waals surface area contributed by atoms with Crippen molar-refractivity contribution in [3.63, 3.8) is 0 Å². The molecule has 1 saturated heterocycles. The van der Waals surface area contributed by atoms with Crippen molar-refractivity contribution in [3.8, 4) is 0 Å². The van der Waals surface area contributed by atoms with E-state index >= 15 is 0 Å². The standard InChI is InChI=1S/C27H23N3O5S2/c1-17-8-10-21(14-18(17)2)29-26(33)22(25(32)28(27(29)36)20-6-4-3-5-7-20)15-19-9-11-24(37-13-12-31)23(16-19)30(34)35/h3-11,14-16,31H,12-13H2,1-2H3/b22-15+. The maximum atomic E-state index is 13.7. The molecule has 1 heterocycles. The van der Waals surface area contributed by atoms with E-state index < -0.39 is 16.7 Å². The molecule has 1 aliphatic heterocycles. The molecule has 4 rings (SSSR count). The van der Waals surface area contributed by atoms with Crippen molar-refractivity contribution >= 4 is 64.0 Å². The second-order valence-electron chi connectivity index (χ2n) is 8.28. The van der Waals surface area contributed by atoms with Crippen LogP contribution in [-0.2, 0) is 9.59 Å². The Morgan fingerprint density at radius 3 is 2.24 bits per heavy atom. The largest absolute Gasteiger partial charge is 0.396 e. The van der Waals surface area contributed by atoms with Crippen LogP contribution in [-0.4, -0.2) is 39.3 Å². The van der Waals surface area contributed by atoms with Gasteiger partial charge in [0, 0.05) is 11.8 Å². The number of thiocarbonyl (C=S) groups is 1. The van der Waals surface area contributed by atoms with E-state index in [1.165, 1.54) is 21.9 Å². The molecule has 10 heteroatoms. The van der Waals surface area contributed by atoms with Crippen molar-refractivity contribution in [2.75, 3.05) is 22.2 Å². The van der Waals surface area contributed by atoms with Gasteiger partial charge in [-0.15, -0.1) is 11.8 Å². The van der Waals surface area contributed by atoms with Crippen molar-refractivity contribution in [1.82, 2.24) is 0 Å². The van der Waals surface area contributed by atoms with Crippen LogP contribution in [0.25, 0.3) is 6.08 Å². The minimum Gasteiger partial charge on any atom is -0.396 e. The van der Waals surface area contributed by atoms with Crippen LogP contribution in [0.4, 0.5) is 17.1 Å². The number of anilines is 2. The number of carbonyl (C=O) groups is 2. The minimum atomic E-state index is -0.623. The van der Waals surface area contributed by atoms with Gasteiger partial charge in [-0.2, -0.15) is 0 Å². The number of aliphatic hydroxyl groups excluding tert-OH is 1. The zero-order valence-corrected chi connectivity index (χ0v) is 21.7. The van der Waals surface area contributed by atoms with E-state index in [9.17, 15) is 19.7 Å². The van der Waals surface area contributed by atoms with Crippen LogP contribution in [0, 0.1) is 24.0 Å². The minimum absolute atomic E-state index is 0.0170. The number of amides is 2. The number of nitro groups is 1. The van der Waals surface area contributed by atoms with Gasteiger partial charge in [0.2, 0.25) is 0 Å². The highest BCUT2D eigenvalue weighted by atomic mass is 32.2. The summed E-state index contributed by atoms with van der Waals surface area (Å²) in [6.07, 6.45) is 1.35. The fraction of sp³-hybridized carbons (Fsp3) is 0.148. The number of nitrogens with zero attached hydrogens (tertiary/aromatic N) is 3. The summed E-state index contributed by atoms with van der Waals surface area (Å²) in [5.74, 6) is -0.943. The predicted octanol–water partition coefficient (Wildman–Crippen LogP) is 5.04. The van der Waals surface area contributed by atoms with Crippen molar-refractivity contribution in [2.45, 2.75) is 18.7 Å². The SMILES string of the molecule is Cc1ccc(N2C(=O)/C(=C/c3ccc(SCCO)c([N+](=O)[O-])c3)C(=O)N(c3ccccc3)C2=S)cc1C. The molecule has 3 aromatic carbocycles. The van der Waals surface area contributed by atoms with Crippen LogP contribution in [0.3, 0.4) is 0 Å². The zero-order chi connectivity index (χ0) is 26.7. The van der Waals surface area contributed by atoms with Crippen molar-refractivity contribution < 1.29 is 19.6 Å². The van der Waals surface area contributed by atoms with Gasteiger partial charge >= 0.3 is 0 Å². The van der Waals surface area contributed by atoms with Gasteiger partial charge in [-0.05, 0) is 79.2 Å². The predicted molar refractivity (Wildman–Crippen MR) is 149 cm³/mol. The first-order chi connectivity index (χ1) is 17.7. The van der Waals surface area contributed by atoms with Crippen molar-refractivity contribution in [3.05, 3.63) is 99.1 Å². The van der Waals surface area contributed by atoms with Crippen LogP contribution in [0.1, 0.15) is 16.7 Å². The van der Waals surface area contributed by atoms with Gasteiger partial charge in [-0.3, -0.25) is 29.5 Å². The lowest BCUT2D eigenvalue weighted by Crippen LogP contribution is -2.57. The Kier molecular flexibility index (Phi) is 7.82. The molecular formula is C27H23N3O5S2. The number of aryl methyl sites for hydroxylation is 2. The van der Waals surface area contributed by atoms with Crippen molar-refractivity contribution in [1.29, 1.82) is 0 Å². The Labute approximate surface area is 223 Å². The molecule has 3 aromatic rings. The number of benzene rings is 3. The second-order valence-corrected chi connectivity index (χ2v) is 9.78. The molecule has 0 unspecified atom stereocenters. The molecule has 0 radical (unpaired) electrons. The van der Waals surface area contributed by atoms with E-state index in [-0.39, 0.29) is 23.0 Å². The number of hydrogen-bond acceptors (Lipinski definition) is 7. The Balaban J connectivity index is 1.85. The summed E-state index contributed by atoms with van der Waals surface area (Å²) in [7, 11) is 0. The highest BCUT2D eigenvalue weighted by Crippen LogP contribution is 2.33. The summed E-state index contributed by atoms with van der Waals surface area (Å²) in [6, 6.07) is 18.7. The van der Waals surface area contributed by atoms with E-state index in [0.29, 0.717) is 27.6 Å². The monoisotopic (exact) mass is 533 g/mol. The molecule has 188 valence electrons. The maximum absolute atomic E-state index is 13.7. The van der Waals surface area contributed by atoms with E-state index in [0.717, 1.165) is 22.9 Å². The molecule has 2 amide bonds. The van der Waals surface area contributed by atoms with Gasteiger partial charge in [0.15, 0.2) is 5.11 Å². The second kappa shape index (κ2) is 11.0. The molecule has 0 aliphatic carbocycles. The van der Waals surface area contributed by atoms with Gasteiger partial charge in [0.25, 0.3) is 17.5 Å². The molecule has 1 aliphatic rings. The highest BCUT2D eigenvalue weighted by Gasteiger charge is 2.41. The van der Waals surface area contributed by atoms with Crippen LogP contribution >= 0.6 is 24.0 Å². The molecule has 1 fully saturated rings. The molecular weight excluding hydrogens is 510 g/mol. The first-order valence-corrected chi connectivity index (χ1v) is 12.7. The lowest BCUT2D eigenvalue weighted by molar-refractivity contribution is -0.387. The summed E-state index contributed by atoms with van der Waals surface area (Å²) in [6.45, 7) is 3.75. The van der Waals surface area contributed by atoms with E-state index in [1.54, 1.807) is 48.5 Å². The van der Waals surface area contributed by atoms with Crippen LogP contribution < -0.4 is 9.80 Å². The van der Waals surface area contributed by atoms with Gasteiger partial charge < -0.3 is 5.11 Å². The molecule has 8 nitrogen and oxygen atoms in total. The van der Waals surface area contributed by atoms with Gasteiger partial charge in [-0.1, -0.05) is 30.3 Å². The molecule has 37 heavy (non-hydrogen) atoms. The molecule has 0 spiro atoms. The first-order valence-electron chi connectivity index (χ1n) is 11.3. The average molecular weight is 534 g/mol. The zero-order valence-electron chi connectivity index (χ0n) is 20.1. The maximum Gasteiger partial charge on any atom is 0.283 e. The van der Waals surface area contributed by atoms with E-state index in [1.807, 2.05) is 26.0 Å². The topological polar surface area (TPSA) is 104 Å². The van der Waals surface area contributed by atoms with Crippen LogP contribution in [0.15, 0.2) is 77.2 Å². The Morgan fingerprint density at radius 2 is 1.62 bits per heavy atom. The first kappa shape index (κ1) is 26.2. The summed E-state index contributed by atoms with van der Waals surface area (Å²) < 4.78 is 0. The number of rotatable bonds is 7. The number of nitro benzene ring substituents is 1. The Morgan fingerprint density at radius 1 is 0.946 bits per heavy atom. The van der Waals surface area contributed by atoms with Gasteiger partial charge in [0.05, 0.1) is 27.8 Å². The summed E-state index contributed by atoms with van der Waals surface area (Å²) >= 11 is 6.79. The normalized spacial score (nSPS) is 15.0. The molecule has 0 atom stereocenters. The van der Waals surface area contributed by atoms with E-state index in [2.05, 4.69) is 0 Å². The van der Waals surface area contributed by atoms with E-state index in [4.69, 9.17) is 17.3 Å². The number of hydrogen-bond donors (Lipinski definition) is 1. The number of aliphatic hydroxyl groups is 1. The van der Waals surface area contributed by atoms with Gasteiger partial charge in [-0.25, -0.2) is 0 Å². The van der Waals surface area contributed by atoms with Crippen molar-refractivity contribution in [2.24, 2.45) is 0 Å². The highest BCUT2D eigenvalue weighted by molar-refractivity contribution is 7.99. The van der Waals surface area contributed by atoms with Gasteiger partial charge in [0.1, 0.15) is 5.57 Å². The lowest BCUT2D eigenvalue weighted by Gasteiger charge is -2.36. The fourth-order valence-corrected chi connectivity index (χ4v) is 4.97. The van der Waals surface area contributed by atoms with Crippen LogP contribution in [0.2, 0.25) is 0 Å². The Bertz CT molecular complexity index is 1440. The summed E-state index contributed by atoms with van der Waals surface area (Å²) in [5.41, 5.74) is 2.96. The third-order valence-electron chi connectivity index (χ3n) is 5.85. The number of thioether (sulfide) groups is 1. The lowest BCUT2D eigenvalue weighted by atomic mass is 10.0. The third kappa shape index (κ3) is 5.31. The summed E-state index contributed by atoms with van der Waals surface area (Å²) in [5, 5.41) is 20.8. The quantitative estimate of drug-likeness (QED) is 0.113. The fourth-order valence-electron chi connectivity index (χ4n) is 3.84. The Hall–Kier alpha value is -3.86. The van der Waals surface area contributed by atoms with Crippen LogP contribution in [0.5, 0.6) is 0 Å². The number of carbonyl (C=O) groups excluding carboxylic acids is 2. The molecule has 1 N–H and O–H groups in total. The smallest absolute Gasteiger partial charge is 0.283 e.